The van der Waals surface area contributed by atoms with E-state index in [4.69, 9.17) is 5.11 Å². The topological polar surface area (TPSA) is 76.4 Å². The van der Waals surface area contributed by atoms with Crippen molar-refractivity contribution in [1.29, 1.82) is 0 Å². The third kappa shape index (κ3) is 2.24. The van der Waals surface area contributed by atoms with Crippen molar-refractivity contribution in [1.82, 2.24) is 4.57 Å². The minimum Gasteiger partial charge on any atom is -0.477 e. The minimum absolute atomic E-state index is 0.0397. The number of carboxylic acid groups (broad SMARTS) is 1. The van der Waals surface area contributed by atoms with Gasteiger partial charge in [-0.2, -0.15) is 0 Å². The van der Waals surface area contributed by atoms with E-state index in [2.05, 4.69) is 0 Å². The summed E-state index contributed by atoms with van der Waals surface area (Å²) in [5.41, 5.74) is 0.159. The molecule has 1 unspecified atom stereocenters. The molecule has 0 aliphatic carbocycles. The van der Waals surface area contributed by atoms with Crippen LogP contribution in [0, 0.1) is 3.57 Å². The summed E-state index contributed by atoms with van der Waals surface area (Å²) in [6, 6.07) is 1.31. The Morgan fingerprint density at radius 2 is 2.25 bits per heavy atom. The highest BCUT2D eigenvalue weighted by molar-refractivity contribution is 14.1. The Bertz CT molecular complexity index is 534. The fourth-order valence-electron chi connectivity index (χ4n) is 1.91. The average Bonchev–Trinajstić information content (AvgIpc) is 2.68. The number of rotatable bonds is 2. The predicted molar refractivity (Wildman–Crippen MR) is 66.4 cm³/mol. The number of carbonyl (C=O) groups is 1. The lowest BCUT2D eigenvalue weighted by molar-refractivity contribution is 0.0683. The van der Waals surface area contributed by atoms with Crippen molar-refractivity contribution in [3.63, 3.8) is 0 Å². The summed E-state index contributed by atoms with van der Waals surface area (Å²) >= 11 is 2.02. The SMILES string of the molecule is O=C(O)c1cc(I)cn1C1CCS(=O)(=O)C1. The zero-order valence-corrected chi connectivity index (χ0v) is 11.2. The summed E-state index contributed by atoms with van der Waals surface area (Å²) in [6.07, 6.45) is 2.18. The predicted octanol–water partition coefficient (Wildman–Crippen LogP) is 1.15. The van der Waals surface area contributed by atoms with E-state index >= 15 is 0 Å². The maximum Gasteiger partial charge on any atom is 0.352 e. The Morgan fingerprint density at radius 3 is 2.75 bits per heavy atom. The monoisotopic (exact) mass is 355 g/mol. The smallest absolute Gasteiger partial charge is 0.352 e. The molecule has 1 saturated heterocycles. The molecule has 5 nitrogen and oxygen atoms in total. The normalized spacial score (nSPS) is 23.4. The molecule has 7 heteroatoms. The molecule has 2 heterocycles. The lowest BCUT2D eigenvalue weighted by Gasteiger charge is -2.12. The maximum atomic E-state index is 11.3. The Labute approximate surface area is 107 Å². The van der Waals surface area contributed by atoms with Crippen LogP contribution in [0.15, 0.2) is 12.3 Å². The van der Waals surface area contributed by atoms with Gasteiger partial charge in [0.1, 0.15) is 5.69 Å². The van der Waals surface area contributed by atoms with Gasteiger partial charge in [-0.3, -0.25) is 0 Å². The fraction of sp³-hybridized carbons (Fsp3) is 0.444. The highest BCUT2D eigenvalue weighted by Crippen LogP contribution is 2.27. The molecule has 88 valence electrons. The van der Waals surface area contributed by atoms with Crippen LogP contribution in [0.25, 0.3) is 0 Å². The molecule has 1 aliphatic heterocycles. The average molecular weight is 355 g/mol. The third-order valence-corrected chi connectivity index (χ3v) is 4.98. The van der Waals surface area contributed by atoms with Gasteiger partial charge < -0.3 is 9.67 Å². The molecule has 0 aromatic carbocycles. The number of hydrogen-bond acceptors (Lipinski definition) is 3. The van der Waals surface area contributed by atoms with Gasteiger partial charge in [-0.1, -0.05) is 0 Å². The van der Waals surface area contributed by atoms with Gasteiger partial charge in [0.2, 0.25) is 0 Å². The first kappa shape index (κ1) is 11.9. The van der Waals surface area contributed by atoms with Crippen LogP contribution in [0.2, 0.25) is 0 Å². The summed E-state index contributed by atoms with van der Waals surface area (Å²) in [6.45, 7) is 0. The minimum atomic E-state index is -2.99. The van der Waals surface area contributed by atoms with E-state index in [-0.39, 0.29) is 23.2 Å². The van der Waals surface area contributed by atoms with E-state index in [0.717, 1.165) is 3.57 Å². The van der Waals surface area contributed by atoms with Crippen LogP contribution in [0.3, 0.4) is 0 Å². The van der Waals surface area contributed by atoms with Gasteiger partial charge in [-0.15, -0.1) is 0 Å². The van der Waals surface area contributed by atoms with Crippen LogP contribution < -0.4 is 0 Å². The van der Waals surface area contributed by atoms with Crippen molar-refractivity contribution < 1.29 is 18.3 Å². The summed E-state index contributed by atoms with van der Waals surface area (Å²) in [7, 11) is -2.99. The number of hydrogen-bond donors (Lipinski definition) is 1. The maximum absolute atomic E-state index is 11.3. The quantitative estimate of drug-likeness (QED) is 0.808. The van der Waals surface area contributed by atoms with Gasteiger partial charge in [0.25, 0.3) is 0 Å². The highest BCUT2D eigenvalue weighted by atomic mass is 127. The number of sulfone groups is 1. The molecular weight excluding hydrogens is 345 g/mol. The summed E-state index contributed by atoms with van der Waals surface area (Å²) in [5.74, 6) is -0.837. The number of aromatic carboxylic acids is 1. The van der Waals surface area contributed by atoms with Crippen LogP contribution in [0.5, 0.6) is 0 Å². The van der Waals surface area contributed by atoms with Crippen molar-refractivity contribution in [3.05, 3.63) is 21.5 Å². The van der Waals surface area contributed by atoms with Gasteiger partial charge in [-0.05, 0) is 35.1 Å². The van der Waals surface area contributed by atoms with E-state index in [1.54, 1.807) is 16.8 Å². The van der Waals surface area contributed by atoms with E-state index < -0.39 is 15.8 Å². The third-order valence-electron chi connectivity index (χ3n) is 2.64. The molecule has 1 N–H and O–H groups in total. The highest BCUT2D eigenvalue weighted by Gasteiger charge is 2.31. The van der Waals surface area contributed by atoms with Gasteiger partial charge in [-0.25, -0.2) is 13.2 Å². The zero-order valence-electron chi connectivity index (χ0n) is 8.26. The number of halogens is 1. The molecule has 0 amide bonds. The Morgan fingerprint density at radius 1 is 1.56 bits per heavy atom. The Hall–Kier alpha value is -0.570. The second kappa shape index (κ2) is 4.02. The summed E-state index contributed by atoms with van der Waals surface area (Å²) in [4.78, 5) is 11.0. The van der Waals surface area contributed by atoms with Crippen molar-refractivity contribution in [3.8, 4) is 0 Å². The molecular formula is C9H10INO4S. The molecule has 1 atom stereocenters. The molecule has 2 rings (SSSR count). The van der Waals surface area contributed by atoms with E-state index in [9.17, 15) is 13.2 Å². The summed E-state index contributed by atoms with van der Waals surface area (Å²) < 4.78 is 25.0. The number of carboxylic acids is 1. The van der Waals surface area contributed by atoms with Crippen molar-refractivity contribution in [2.45, 2.75) is 12.5 Å². The summed E-state index contributed by atoms with van der Waals surface area (Å²) in [5, 5.41) is 9.00. The van der Waals surface area contributed by atoms with Gasteiger partial charge in [0.15, 0.2) is 9.84 Å². The van der Waals surface area contributed by atoms with Gasteiger partial charge in [0, 0.05) is 15.8 Å². The lowest BCUT2D eigenvalue weighted by Crippen LogP contribution is -2.15. The van der Waals surface area contributed by atoms with Crippen LogP contribution in [0.1, 0.15) is 23.0 Å². The van der Waals surface area contributed by atoms with Crippen LogP contribution in [0.4, 0.5) is 0 Å². The second-order valence-corrected chi connectivity index (χ2v) is 7.29. The largest absolute Gasteiger partial charge is 0.477 e. The first-order chi connectivity index (χ1) is 7.39. The molecule has 0 spiro atoms. The number of aromatic nitrogens is 1. The van der Waals surface area contributed by atoms with Crippen molar-refractivity contribution in [2.24, 2.45) is 0 Å². The molecule has 16 heavy (non-hydrogen) atoms. The molecule has 0 radical (unpaired) electrons. The molecule has 0 bridgehead atoms. The second-order valence-electron chi connectivity index (χ2n) is 3.81. The van der Waals surface area contributed by atoms with E-state index in [1.807, 2.05) is 22.6 Å². The molecule has 0 saturated carbocycles. The molecule has 1 aliphatic rings. The zero-order chi connectivity index (χ0) is 11.9. The van der Waals surface area contributed by atoms with E-state index in [0.29, 0.717) is 6.42 Å². The van der Waals surface area contributed by atoms with Gasteiger partial charge >= 0.3 is 5.97 Å². The van der Waals surface area contributed by atoms with Crippen LogP contribution >= 0.6 is 22.6 Å². The Kier molecular flexibility index (Phi) is 2.99. The van der Waals surface area contributed by atoms with Crippen molar-refractivity contribution >= 4 is 38.4 Å². The van der Waals surface area contributed by atoms with Gasteiger partial charge in [0.05, 0.1) is 11.5 Å². The molecule has 1 aromatic heterocycles. The van der Waals surface area contributed by atoms with Crippen LogP contribution in [-0.4, -0.2) is 35.6 Å². The molecule has 1 aromatic rings. The fourth-order valence-corrected chi connectivity index (χ4v) is 4.22. The standard InChI is InChI=1S/C9H10INO4S/c10-6-3-8(9(12)13)11(4-6)7-1-2-16(14,15)5-7/h3-4,7H,1-2,5H2,(H,12,13). The number of nitrogens with zero attached hydrogens (tertiary/aromatic N) is 1. The Balaban J connectivity index is 2.38. The first-order valence-corrected chi connectivity index (χ1v) is 7.60. The van der Waals surface area contributed by atoms with E-state index in [1.165, 1.54) is 0 Å². The lowest BCUT2D eigenvalue weighted by atomic mass is 10.2. The molecule has 1 fully saturated rings. The first-order valence-electron chi connectivity index (χ1n) is 4.70. The van der Waals surface area contributed by atoms with Crippen molar-refractivity contribution in [2.75, 3.05) is 11.5 Å². The van der Waals surface area contributed by atoms with Crippen LogP contribution in [-0.2, 0) is 9.84 Å².